The molecule has 1 aliphatic heterocycles. The molecule has 1 atom stereocenters. The zero-order chi connectivity index (χ0) is 11.4. The van der Waals surface area contributed by atoms with E-state index in [1.165, 1.54) is 23.5 Å². The Labute approximate surface area is 102 Å². The lowest BCUT2D eigenvalue weighted by Crippen LogP contribution is -2.29. The smallest absolute Gasteiger partial charge is 0.122 e. The van der Waals surface area contributed by atoms with E-state index in [4.69, 9.17) is 10.5 Å². The highest BCUT2D eigenvalue weighted by Gasteiger charge is 2.37. The van der Waals surface area contributed by atoms with Crippen molar-refractivity contribution in [2.75, 3.05) is 25.2 Å². The lowest BCUT2D eigenvalue weighted by molar-refractivity contribution is 0.378. The van der Waals surface area contributed by atoms with Crippen LogP contribution in [-0.4, -0.2) is 25.2 Å². The second kappa shape index (κ2) is 5.11. The maximum atomic E-state index is 5.77. The van der Waals surface area contributed by atoms with E-state index in [2.05, 4.69) is 18.2 Å². The molecule has 0 amide bonds. The van der Waals surface area contributed by atoms with E-state index in [1.807, 2.05) is 17.8 Å². The summed E-state index contributed by atoms with van der Waals surface area (Å²) < 4.78 is 5.48. The second-order valence-corrected chi connectivity index (χ2v) is 5.43. The fraction of sp³-hybridized carbons (Fsp3) is 0.538. The number of hydrogen-bond donors (Lipinski definition) is 1. The largest absolute Gasteiger partial charge is 0.496 e. The molecule has 2 N–H and O–H groups in total. The van der Waals surface area contributed by atoms with Gasteiger partial charge in [0.15, 0.2) is 0 Å². The summed E-state index contributed by atoms with van der Waals surface area (Å²) in [6.45, 7) is 0.749. The molecule has 1 unspecified atom stereocenters. The number of thioether (sulfide) groups is 1. The molecular weight excluding hydrogens is 218 g/mol. The Balaban J connectivity index is 2.38. The van der Waals surface area contributed by atoms with Crippen molar-refractivity contribution in [3.8, 4) is 5.75 Å². The Morgan fingerprint density at radius 1 is 1.44 bits per heavy atom. The molecule has 1 heterocycles. The first-order valence-electron chi connectivity index (χ1n) is 5.74. The second-order valence-electron chi connectivity index (χ2n) is 4.32. The fourth-order valence-corrected chi connectivity index (χ4v) is 4.02. The zero-order valence-corrected chi connectivity index (χ0v) is 10.6. The third-order valence-electron chi connectivity index (χ3n) is 3.40. The van der Waals surface area contributed by atoms with Gasteiger partial charge >= 0.3 is 0 Å². The first-order valence-corrected chi connectivity index (χ1v) is 6.89. The van der Waals surface area contributed by atoms with Crippen LogP contribution >= 0.6 is 11.8 Å². The maximum Gasteiger partial charge on any atom is 0.122 e. The van der Waals surface area contributed by atoms with Crippen LogP contribution in [0.15, 0.2) is 24.3 Å². The van der Waals surface area contributed by atoms with Crippen molar-refractivity contribution in [1.82, 2.24) is 0 Å². The minimum absolute atomic E-state index is 0.242. The Morgan fingerprint density at radius 2 is 2.25 bits per heavy atom. The predicted octanol–water partition coefficient (Wildman–Crippen LogP) is 2.42. The van der Waals surface area contributed by atoms with Gasteiger partial charge in [0.05, 0.1) is 7.11 Å². The molecule has 1 aliphatic rings. The maximum absolute atomic E-state index is 5.77. The Kier molecular flexibility index (Phi) is 3.77. The van der Waals surface area contributed by atoms with Crippen LogP contribution < -0.4 is 10.5 Å². The summed E-state index contributed by atoms with van der Waals surface area (Å²) in [4.78, 5) is 0. The van der Waals surface area contributed by atoms with Crippen LogP contribution in [-0.2, 0) is 5.41 Å². The first kappa shape index (κ1) is 11.8. The number of benzene rings is 1. The number of hydrogen-bond acceptors (Lipinski definition) is 3. The standard InChI is InChI=1S/C13H19NOS/c1-15-12-5-3-2-4-11(12)13(6-8-14)7-9-16-10-13/h2-5H,6-10,14H2,1H3. The molecule has 0 aliphatic carbocycles. The van der Waals surface area contributed by atoms with Crippen molar-refractivity contribution in [2.45, 2.75) is 18.3 Å². The van der Waals surface area contributed by atoms with Gasteiger partial charge in [-0.2, -0.15) is 11.8 Å². The Hall–Kier alpha value is -0.670. The van der Waals surface area contributed by atoms with Gasteiger partial charge in [0.1, 0.15) is 5.75 Å². The molecule has 0 spiro atoms. The molecule has 1 fully saturated rings. The van der Waals surface area contributed by atoms with Crippen molar-refractivity contribution in [1.29, 1.82) is 0 Å². The summed E-state index contributed by atoms with van der Waals surface area (Å²) in [6.07, 6.45) is 2.27. The number of para-hydroxylation sites is 1. The summed E-state index contributed by atoms with van der Waals surface area (Å²) in [7, 11) is 1.75. The van der Waals surface area contributed by atoms with Gasteiger partial charge in [-0.05, 0) is 31.2 Å². The van der Waals surface area contributed by atoms with Crippen molar-refractivity contribution >= 4 is 11.8 Å². The van der Waals surface area contributed by atoms with Gasteiger partial charge < -0.3 is 10.5 Å². The summed E-state index contributed by atoms with van der Waals surface area (Å²) in [5.41, 5.74) is 7.36. The molecule has 2 rings (SSSR count). The van der Waals surface area contributed by atoms with Gasteiger partial charge in [-0.3, -0.25) is 0 Å². The highest BCUT2D eigenvalue weighted by atomic mass is 32.2. The summed E-state index contributed by atoms with van der Waals surface area (Å²) in [6, 6.07) is 8.37. The van der Waals surface area contributed by atoms with Crippen molar-refractivity contribution in [3.63, 3.8) is 0 Å². The van der Waals surface area contributed by atoms with Gasteiger partial charge in [0.2, 0.25) is 0 Å². The van der Waals surface area contributed by atoms with Crippen molar-refractivity contribution in [3.05, 3.63) is 29.8 Å². The fourth-order valence-electron chi connectivity index (χ4n) is 2.51. The van der Waals surface area contributed by atoms with E-state index >= 15 is 0 Å². The molecule has 1 aromatic carbocycles. The van der Waals surface area contributed by atoms with Gasteiger partial charge in [-0.25, -0.2) is 0 Å². The molecule has 0 aromatic heterocycles. The number of rotatable bonds is 4. The van der Waals surface area contributed by atoms with Crippen LogP contribution in [0.5, 0.6) is 5.75 Å². The zero-order valence-electron chi connectivity index (χ0n) is 9.74. The van der Waals surface area contributed by atoms with E-state index in [1.54, 1.807) is 7.11 Å². The van der Waals surface area contributed by atoms with E-state index in [0.717, 1.165) is 18.7 Å². The van der Waals surface area contributed by atoms with Crippen molar-refractivity contribution in [2.24, 2.45) is 5.73 Å². The lowest BCUT2D eigenvalue weighted by atomic mass is 9.77. The molecule has 0 saturated carbocycles. The molecule has 1 aromatic rings. The molecule has 88 valence electrons. The predicted molar refractivity (Wildman–Crippen MR) is 70.3 cm³/mol. The summed E-state index contributed by atoms with van der Waals surface area (Å²) in [5.74, 6) is 3.42. The average molecular weight is 237 g/mol. The highest BCUT2D eigenvalue weighted by molar-refractivity contribution is 7.99. The minimum Gasteiger partial charge on any atom is -0.496 e. The number of ether oxygens (including phenoxy) is 1. The lowest BCUT2D eigenvalue weighted by Gasteiger charge is -2.29. The molecule has 1 saturated heterocycles. The molecule has 2 nitrogen and oxygen atoms in total. The van der Waals surface area contributed by atoms with Crippen LogP contribution in [0.2, 0.25) is 0 Å². The molecular formula is C13H19NOS. The van der Waals surface area contributed by atoms with Crippen LogP contribution in [0.1, 0.15) is 18.4 Å². The topological polar surface area (TPSA) is 35.2 Å². The van der Waals surface area contributed by atoms with Gasteiger partial charge in [0.25, 0.3) is 0 Å². The van der Waals surface area contributed by atoms with E-state index in [0.29, 0.717) is 0 Å². The van der Waals surface area contributed by atoms with Crippen molar-refractivity contribution < 1.29 is 4.74 Å². The van der Waals surface area contributed by atoms with Gasteiger partial charge in [-0.1, -0.05) is 18.2 Å². The van der Waals surface area contributed by atoms with Crippen LogP contribution in [0.3, 0.4) is 0 Å². The van der Waals surface area contributed by atoms with E-state index in [-0.39, 0.29) is 5.41 Å². The summed E-state index contributed by atoms with van der Waals surface area (Å²) in [5, 5.41) is 0. The van der Waals surface area contributed by atoms with Gasteiger partial charge in [0, 0.05) is 16.7 Å². The van der Waals surface area contributed by atoms with Gasteiger partial charge in [-0.15, -0.1) is 0 Å². The Bertz CT molecular complexity index is 348. The van der Waals surface area contributed by atoms with E-state index in [9.17, 15) is 0 Å². The third-order valence-corrected chi connectivity index (χ3v) is 4.65. The summed E-state index contributed by atoms with van der Waals surface area (Å²) >= 11 is 2.02. The van der Waals surface area contributed by atoms with E-state index < -0.39 is 0 Å². The molecule has 3 heteroatoms. The van der Waals surface area contributed by atoms with Crippen LogP contribution in [0.4, 0.5) is 0 Å². The monoisotopic (exact) mass is 237 g/mol. The minimum atomic E-state index is 0.242. The third kappa shape index (κ3) is 2.06. The first-order chi connectivity index (χ1) is 7.82. The average Bonchev–Trinajstić information content (AvgIpc) is 2.79. The molecule has 0 radical (unpaired) electrons. The molecule has 16 heavy (non-hydrogen) atoms. The molecule has 0 bridgehead atoms. The van der Waals surface area contributed by atoms with Crippen LogP contribution in [0, 0.1) is 0 Å². The SMILES string of the molecule is COc1ccccc1C1(CCN)CCSC1. The van der Waals surface area contributed by atoms with Crippen LogP contribution in [0.25, 0.3) is 0 Å². The normalized spacial score (nSPS) is 24.6. The highest BCUT2D eigenvalue weighted by Crippen LogP contribution is 2.44. The number of methoxy groups -OCH3 is 1. The number of nitrogens with two attached hydrogens (primary N) is 1. The quantitative estimate of drug-likeness (QED) is 0.873. The Morgan fingerprint density at radius 3 is 2.88 bits per heavy atom.